The van der Waals surface area contributed by atoms with Gasteiger partial charge < -0.3 is 5.32 Å². The summed E-state index contributed by atoms with van der Waals surface area (Å²) in [6.07, 6.45) is 5.78. The van der Waals surface area contributed by atoms with E-state index in [9.17, 15) is 0 Å². The lowest BCUT2D eigenvalue weighted by Crippen LogP contribution is -2.15. The number of nitrogens with zero attached hydrogens (tertiary/aromatic N) is 1. The summed E-state index contributed by atoms with van der Waals surface area (Å²) in [5, 5.41) is 3.41. The van der Waals surface area contributed by atoms with Crippen LogP contribution >= 0.6 is 0 Å². The molecule has 0 amide bonds. The Balaban J connectivity index is 1.98. The third-order valence-electron chi connectivity index (χ3n) is 2.42. The summed E-state index contributed by atoms with van der Waals surface area (Å²) in [5.41, 5.74) is 1.13. The van der Waals surface area contributed by atoms with Crippen LogP contribution in [0.3, 0.4) is 0 Å². The standard InChI is InChI=1S/C13H22N2/c1-12(2)7-3-5-9-14-11-13-8-4-6-10-15-13/h4,6,8,10,12,14H,3,5,7,9,11H2,1-2H3. The first kappa shape index (κ1) is 12.2. The molecule has 1 N–H and O–H groups in total. The highest BCUT2D eigenvalue weighted by Gasteiger charge is 1.94. The third kappa shape index (κ3) is 6.24. The van der Waals surface area contributed by atoms with Crippen LogP contribution in [0.4, 0.5) is 0 Å². The summed E-state index contributed by atoms with van der Waals surface area (Å²) in [6, 6.07) is 6.04. The van der Waals surface area contributed by atoms with E-state index in [1.807, 2.05) is 18.3 Å². The summed E-state index contributed by atoms with van der Waals surface area (Å²) < 4.78 is 0. The van der Waals surface area contributed by atoms with Gasteiger partial charge >= 0.3 is 0 Å². The second-order valence-electron chi connectivity index (χ2n) is 4.39. The molecule has 1 rings (SSSR count). The molecule has 0 radical (unpaired) electrons. The summed E-state index contributed by atoms with van der Waals surface area (Å²) in [7, 11) is 0. The Hall–Kier alpha value is -0.890. The first-order valence-corrected chi connectivity index (χ1v) is 5.89. The van der Waals surface area contributed by atoms with E-state index in [1.54, 1.807) is 0 Å². The second-order valence-corrected chi connectivity index (χ2v) is 4.39. The molecule has 0 spiro atoms. The molecule has 1 heterocycles. The van der Waals surface area contributed by atoms with Gasteiger partial charge in [-0.25, -0.2) is 0 Å². The van der Waals surface area contributed by atoms with Gasteiger partial charge in [0, 0.05) is 12.7 Å². The van der Waals surface area contributed by atoms with Crippen molar-refractivity contribution < 1.29 is 0 Å². The minimum atomic E-state index is 0.834. The molecule has 0 aliphatic rings. The van der Waals surface area contributed by atoms with E-state index in [-0.39, 0.29) is 0 Å². The minimum Gasteiger partial charge on any atom is -0.311 e. The van der Waals surface area contributed by atoms with E-state index >= 15 is 0 Å². The third-order valence-corrected chi connectivity index (χ3v) is 2.42. The molecule has 2 nitrogen and oxygen atoms in total. The lowest BCUT2D eigenvalue weighted by molar-refractivity contribution is 0.519. The van der Waals surface area contributed by atoms with Crippen LogP contribution in [0.5, 0.6) is 0 Å². The van der Waals surface area contributed by atoms with Gasteiger partial charge in [0.15, 0.2) is 0 Å². The summed E-state index contributed by atoms with van der Waals surface area (Å²) >= 11 is 0. The maximum atomic E-state index is 4.26. The fourth-order valence-corrected chi connectivity index (χ4v) is 1.52. The predicted molar refractivity (Wildman–Crippen MR) is 64.6 cm³/mol. The summed E-state index contributed by atoms with van der Waals surface area (Å²) in [6.45, 7) is 6.55. The van der Waals surface area contributed by atoms with Crippen LogP contribution in [0.2, 0.25) is 0 Å². The lowest BCUT2D eigenvalue weighted by Gasteiger charge is -2.05. The first-order valence-electron chi connectivity index (χ1n) is 5.89. The molecule has 0 aromatic carbocycles. The van der Waals surface area contributed by atoms with Crippen molar-refractivity contribution >= 4 is 0 Å². The van der Waals surface area contributed by atoms with Crippen molar-refractivity contribution in [3.63, 3.8) is 0 Å². The molecule has 0 bridgehead atoms. The highest BCUT2D eigenvalue weighted by Crippen LogP contribution is 2.05. The van der Waals surface area contributed by atoms with Crippen LogP contribution in [-0.2, 0) is 6.54 Å². The molecule has 0 saturated heterocycles. The zero-order valence-corrected chi connectivity index (χ0v) is 9.87. The highest BCUT2D eigenvalue weighted by molar-refractivity contribution is 5.02. The van der Waals surface area contributed by atoms with Crippen molar-refractivity contribution in [3.05, 3.63) is 30.1 Å². The van der Waals surface area contributed by atoms with Crippen molar-refractivity contribution in [3.8, 4) is 0 Å². The number of unbranched alkanes of at least 4 members (excludes halogenated alkanes) is 1. The van der Waals surface area contributed by atoms with Crippen LogP contribution in [-0.4, -0.2) is 11.5 Å². The normalized spacial score (nSPS) is 10.9. The van der Waals surface area contributed by atoms with Crippen molar-refractivity contribution in [2.45, 2.75) is 39.7 Å². The van der Waals surface area contributed by atoms with E-state index < -0.39 is 0 Å². The molecule has 2 heteroatoms. The number of rotatable bonds is 7. The maximum Gasteiger partial charge on any atom is 0.0541 e. The van der Waals surface area contributed by atoms with Gasteiger partial charge in [0.05, 0.1) is 5.69 Å². The monoisotopic (exact) mass is 206 g/mol. The topological polar surface area (TPSA) is 24.9 Å². The molecule has 0 atom stereocenters. The molecule has 0 unspecified atom stereocenters. The van der Waals surface area contributed by atoms with E-state index in [0.717, 1.165) is 24.7 Å². The molecule has 84 valence electrons. The molecule has 0 saturated carbocycles. The number of nitrogens with one attached hydrogen (secondary N) is 1. The number of aromatic nitrogens is 1. The Morgan fingerprint density at radius 2 is 2.13 bits per heavy atom. The Kier molecular flexibility index (Phi) is 6.02. The molecule has 0 aliphatic carbocycles. The van der Waals surface area contributed by atoms with Crippen LogP contribution in [0.1, 0.15) is 38.8 Å². The van der Waals surface area contributed by atoms with Crippen LogP contribution in [0, 0.1) is 5.92 Å². The van der Waals surface area contributed by atoms with E-state index in [4.69, 9.17) is 0 Å². The SMILES string of the molecule is CC(C)CCCCNCc1ccccn1. The Bertz CT molecular complexity index is 244. The molecular formula is C13H22N2. The van der Waals surface area contributed by atoms with Gasteiger partial charge in [-0.3, -0.25) is 4.98 Å². The van der Waals surface area contributed by atoms with Crippen molar-refractivity contribution in [1.82, 2.24) is 10.3 Å². The van der Waals surface area contributed by atoms with E-state index in [2.05, 4.69) is 30.2 Å². The smallest absolute Gasteiger partial charge is 0.0541 e. The molecule has 15 heavy (non-hydrogen) atoms. The van der Waals surface area contributed by atoms with Gasteiger partial charge in [0.25, 0.3) is 0 Å². The van der Waals surface area contributed by atoms with Gasteiger partial charge in [-0.15, -0.1) is 0 Å². The van der Waals surface area contributed by atoms with Crippen molar-refractivity contribution in [2.24, 2.45) is 5.92 Å². The Morgan fingerprint density at radius 1 is 1.27 bits per heavy atom. The van der Waals surface area contributed by atoms with Gasteiger partial charge in [-0.2, -0.15) is 0 Å². The molecule has 0 fully saturated rings. The van der Waals surface area contributed by atoms with Gasteiger partial charge in [0.1, 0.15) is 0 Å². The fourth-order valence-electron chi connectivity index (χ4n) is 1.52. The van der Waals surface area contributed by atoms with E-state index in [1.165, 1.54) is 19.3 Å². The highest BCUT2D eigenvalue weighted by atomic mass is 14.9. The molecular weight excluding hydrogens is 184 g/mol. The van der Waals surface area contributed by atoms with Crippen molar-refractivity contribution in [1.29, 1.82) is 0 Å². The Labute approximate surface area is 93.1 Å². The second kappa shape index (κ2) is 7.41. The molecule has 1 aromatic heterocycles. The molecule has 1 aromatic rings. The quantitative estimate of drug-likeness (QED) is 0.694. The number of hydrogen-bond acceptors (Lipinski definition) is 2. The van der Waals surface area contributed by atoms with Gasteiger partial charge in [-0.05, 0) is 31.0 Å². The van der Waals surface area contributed by atoms with E-state index in [0.29, 0.717) is 0 Å². The van der Waals surface area contributed by atoms with Gasteiger partial charge in [-0.1, -0.05) is 32.8 Å². The van der Waals surface area contributed by atoms with Crippen LogP contribution in [0.15, 0.2) is 24.4 Å². The number of hydrogen-bond donors (Lipinski definition) is 1. The van der Waals surface area contributed by atoms with Gasteiger partial charge in [0.2, 0.25) is 0 Å². The molecule has 0 aliphatic heterocycles. The average molecular weight is 206 g/mol. The number of pyridine rings is 1. The summed E-state index contributed by atoms with van der Waals surface area (Å²) in [4.78, 5) is 4.26. The minimum absolute atomic E-state index is 0.834. The zero-order chi connectivity index (χ0) is 10.9. The fraction of sp³-hybridized carbons (Fsp3) is 0.615. The first-order chi connectivity index (χ1) is 7.29. The maximum absolute atomic E-state index is 4.26. The predicted octanol–water partition coefficient (Wildman–Crippen LogP) is 3.00. The lowest BCUT2D eigenvalue weighted by atomic mass is 10.1. The summed E-state index contributed by atoms with van der Waals surface area (Å²) in [5.74, 6) is 0.834. The Morgan fingerprint density at radius 3 is 2.80 bits per heavy atom. The van der Waals surface area contributed by atoms with Crippen LogP contribution < -0.4 is 5.32 Å². The van der Waals surface area contributed by atoms with Crippen LogP contribution in [0.25, 0.3) is 0 Å². The zero-order valence-electron chi connectivity index (χ0n) is 9.87. The van der Waals surface area contributed by atoms with Crippen molar-refractivity contribution in [2.75, 3.05) is 6.54 Å². The average Bonchev–Trinajstić information content (AvgIpc) is 2.24. The largest absolute Gasteiger partial charge is 0.311 e.